The van der Waals surface area contributed by atoms with Gasteiger partial charge in [0.25, 0.3) is 0 Å². The molecule has 2 aromatic carbocycles. The number of carbonyl (C=O) groups excluding carboxylic acids is 2. The largest absolute Gasteiger partial charge is 0.489 e. The van der Waals surface area contributed by atoms with E-state index < -0.39 is 0 Å². The molecule has 0 radical (unpaired) electrons. The molecule has 1 heterocycles. The number of likely N-dealkylation sites (tertiary alicyclic amines) is 1. The van der Waals surface area contributed by atoms with Crippen LogP contribution in [0.2, 0.25) is 0 Å². The van der Waals surface area contributed by atoms with Crippen molar-refractivity contribution < 1.29 is 14.3 Å². The number of hydrogen-bond donors (Lipinski definition) is 0. The number of amides is 2. The minimum atomic E-state index is -0.369. The van der Waals surface area contributed by atoms with E-state index in [9.17, 15) is 9.59 Å². The fourth-order valence-corrected chi connectivity index (χ4v) is 2.95. The molecule has 25 heavy (non-hydrogen) atoms. The van der Waals surface area contributed by atoms with E-state index in [-0.39, 0.29) is 17.9 Å². The Bertz CT molecular complexity index is 743. The van der Waals surface area contributed by atoms with Gasteiger partial charge in [-0.3, -0.25) is 9.59 Å². The molecule has 0 unspecified atom stereocenters. The number of ether oxygens (including phenoxy) is 1. The monoisotopic (exact) mass is 338 g/mol. The summed E-state index contributed by atoms with van der Waals surface area (Å²) in [4.78, 5) is 27.4. The lowest BCUT2D eigenvalue weighted by atomic mass is 10.2. The van der Waals surface area contributed by atoms with Gasteiger partial charge in [-0.2, -0.15) is 0 Å². The number of anilines is 1. The van der Waals surface area contributed by atoms with E-state index in [0.29, 0.717) is 19.4 Å². The molecule has 2 amide bonds. The molecule has 130 valence electrons. The summed E-state index contributed by atoms with van der Waals surface area (Å²) in [5, 5.41) is 0. The van der Waals surface area contributed by atoms with E-state index in [1.54, 1.807) is 19.0 Å². The smallest absolute Gasteiger partial charge is 0.249 e. The third-order valence-corrected chi connectivity index (χ3v) is 4.58. The summed E-state index contributed by atoms with van der Waals surface area (Å²) in [5.41, 5.74) is 1.89. The van der Waals surface area contributed by atoms with Crippen LogP contribution in [-0.2, 0) is 16.2 Å². The Balaban J connectivity index is 1.61. The van der Waals surface area contributed by atoms with Crippen LogP contribution in [0.5, 0.6) is 5.75 Å². The van der Waals surface area contributed by atoms with Gasteiger partial charge in [-0.1, -0.05) is 30.3 Å². The molecule has 0 spiro atoms. The van der Waals surface area contributed by atoms with Gasteiger partial charge in [-0.15, -0.1) is 0 Å². The van der Waals surface area contributed by atoms with Crippen LogP contribution >= 0.6 is 0 Å². The Morgan fingerprint density at radius 1 is 1.16 bits per heavy atom. The van der Waals surface area contributed by atoms with Crippen LogP contribution in [0.1, 0.15) is 18.4 Å². The van der Waals surface area contributed by atoms with E-state index >= 15 is 0 Å². The molecule has 1 saturated heterocycles. The normalized spacial score (nSPS) is 16.8. The molecule has 1 aliphatic rings. The SMILES string of the molecule is CN(C(=O)[C@@H]1CCC(=O)N1C)c1ccc(OCc2ccccc2)cc1. The molecule has 1 atom stereocenters. The van der Waals surface area contributed by atoms with Crippen molar-refractivity contribution in [3.05, 3.63) is 60.2 Å². The Morgan fingerprint density at radius 3 is 2.44 bits per heavy atom. The van der Waals surface area contributed by atoms with Crippen molar-refractivity contribution in [1.29, 1.82) is 0 Å². The second kappa shape index (κ2) is 7.38. The lowest BCUT2D eigenvalue weighted by molar-refractivity contribution is -0.132. The minimum Gasteiger partial charge on any atom is -0.489 e. The highest BCUT2D eigenvalue weighted by molar-refractivity contribution is 6.00. The molecule has 0 aromatic heterocycles. The van der Waals surface area contributed by atoms with Gasteiger partial charge in [0.2, 0.25) is 11.8 Å². The molecule has 0 bridgehead atoms. The van der Waals surface area contributed by atoms with E-state index in [2.05, 4.69) is 0 Å². The predicted molar refractivity (Wildman–Crippen MR) is 96.4 cm³/mol. The molecular formula is C20H22N2O3. The highest BCUT2D eigenvalue weighted by Gasteiger charge is 2.35. The van der Waals surface area contributed by atoms with Gasteiger partial charge >= 0.3 is 0 Å². The van der Waals surface area contributed by atoms with E-state index in [0.717, 1.165) is 17.0 Å². The van der Waals surface area contributed by atoms with Gasteiger partial charge in [-0.25, -0.2) is 0 Å². The van der Waals surface area contributed by atoms with Gasteiger partial charge < -0.3 is 14.5 Å². The van der Waals surface area contributed by atoms with Gasteiger partial charge in [0.1, 0.15) is 18.4 Å². The number of rotatable bonds is 5. The van der Waals surface area contributed by atoms with Crippen molar-refractivity contribution in [2.75, 3.05) is 19.0 Å². The highest BCUT2D eigenvalue weighted by atomic mass is 16.5. The number of nitrogens with zero attached hydrogens (tertiary/aromatic N) is 2. The lowest BCUT2D eigenvalue weighted by Gasteiger charge is -2.25. The molecule has 1 fully saturated rings. The summed E-state index contributed by atoms with van der Waals surface area (Å²) in [6, 6.07) is 17.0. The maximum Gasteiger partial charge on any atom is 0.249 e. The molecule has 5 heteroatoms. The number of likely N-dealkylation sites (N-methyl/N-ethyl adjacent to an activating group) is 2. The standard InChI is InChI=1S/C20H22N2O3/c1-21(20(24)18-12-13-19(23)22(18)2)16-8-10-17(11-9-16)25-14-15-6-4-3-5-7-15/h3-11,18H,12-14H2,1-2H3/t18-/m0/s1. The molecule has 3 rings (SSSR count). The van der Waals surface area contributed by atoms with Crippen LogP contribution in [0.25, 0.3) is 0 Å². The van der Waals surface area contributed by atoms with Crippen LogP contribution in [0.4, 0.5) is 5.69 Å². The van der Waals surface area contributed by atoms with Crippen LogP contribution in [0.15, 0.2) is 54.6 Å². The van der Waals surface area contributed by atoms with Crippen molar-refractivity contribution in [3.8, 4) is 5.75 Å². The first-order chi connectivity index (χ1) is 12.1. The maximum atomic E-state index is 12.6. The summed E-state index contributed by atoms with van der Waals surface area (Å²) in [6.45, 7) is 0.504. The molecule has 0 N–H and O–H groups in total. The van der Waals surface area contributed by atoms with Crippen LogP contribution in [-0.4, -0.2) is 36.9 Å². The molecule has 2 aromatic rings. The van der Waals surface area contributed by atoms with Crippen molar-refractivity contribution >= 4 is 17.5 Å². The Labute approximate surface area is 147 Å². The molecule has 0 saturated carbocycles. The molecule has 5 nitrogen and oxygen atoms in total. The summed E-state index contributed by atoms with van der Waals surface area (Å²) in [6.07, 6.45) is 1.02. The van der Waals surface area contributed by atoms with Crippen molar-refractivity contribution in [2.24, 2.45) is 0 Å². The molecule has 1 aliphatic heterocycles. The maximum absolute atomic E-state index is 12.6. The van der Waals surface area contributed by atoms with Crippen LogP contribution in [0, 0.1) is 0 Å². The zero-order valence-electron chi connectivity index (χ0n) is 14.5. The summed E-state index contributed by atoms with van der Waals surface area (Å²) >= 11 is 0. The zero-order valence-corrected chi connectivity index (χ0v) is 14.5. The second-order valence-corrected chi connectivity index (χ2v) is 6.22. The average Bonchev–Trinajstić information content (AvgIpc) is 2.99. The van der Waals surface area contributed by atoms with Crippen LogP contribution < -0.4 is 9.64 Å². The minimum absolute atomic E-state index is 0.0245. The summed E-state index contributed by atoms with van der Waals surface area (Å²) < 4.78 is 5.76. The van der Waals surface area contributed by atoms with Gasteiger partial charge in [0.15, 0.2) is 0 Å². The van der Waals surface area contributed by atoms with Crippen LogP contribution in [0.3, 0.4) is 0 Å². The lowest BCUT2D eigenvalue weighted by Crippen LogP contribution is -2.43. The first kappa shape index (κ1) is 17.0. The third-order valence-electron chi connectivity index (χ3n) is 4.58. The predicted octanol–water partition coefficient (Wildman–Crippen LogP) is 2.85. The summed E-state index contributed by atoms with van der Waals surface area (Å²) in [5.74, 6) is 0.712. The Morgan fingerprint density at radius 2 is 1.84 bits per heavy atom. The second-order valence-electron chi connectivity index (χ2n) is 6.22. The quantitative estimate of drug-likeness (QED) is 0.842. The highest BCUT2D eigenvalue weighted by Crippen LogP contribution is 2.23. The number of hydrogen-bond acceptors (Lipinski definition) is 3. The average molecular weight is 338 g/mol. The molecular weight excluding hydrogens is 316 g/mol. The fraction of sp³-hybridized carbons (Fsp3) is 0.300. The third kappa shape index (κ3) is 3.82. The van der Waals surface area contributed by atoms with Crippen molar-refractivity contribution in [3.63, 3.8) is 0 Å². The van der Waals surface area contributed by atoms with E-state index in [1.807, 2.05) is 54.6 Å². The topological polar surface area (TPSA) is 49.9 Å². The van der Waals surface area contributed by atoms with Gasteiger partial charge in [0, 0.05) is 26.2 Å². The number of benzene rings is 2. The van der Waals surface area contributed by atoms with Crippen molar-refractivity contribution in [1.82, 2.24) is 4.90 Å². The van der Waals surface area contributed by atoms with E-state index in [4.69, 9.17) is 4.74 Å². The molecule has 0 aliphatic carbocycles. The first-order valence-corrected chi connectivity index (χ1v) is 8.36. The fourth-order valence-electron chi connectivity index (χ4n) is 2.95. The first-order valence-electron chi connectivity index (χ1n) is 8.36. The van der Waals surface area contributed by atoms with Gasteiger partial charge in [0.05, 0.1) is 0 Å². The van der Waals surface area contributed by atoms with Gasteiger partial charge in [-0.05, 0) is 36.2 Å². The zero-order chi connectivity index (χ0) is 17.8. The Kier molecular flexibility index (Phi) is 5.03. The van der Waals surface area contributed by atoms with E-state index in [1.165, 1.54) is 4.90 Å². The Hall–Kier alpha value is -2.82. The summed E-state index contributed by atoms with van der Waals surface area (Å²) in [7, 11) is 3.42. The number of carbonyl (C=O) groups is 2. The van der Waals surface area contributed by atoms with Crippen molar-refractivity contribution in [2.45, 2.75) is 25.5 Å².